The van der Waals surface area contributed by atoms with Crippen molar-refractivity contribution in [2.45, 2.75) is 49.1 Å². The van der Waals surface area contributed by atoms with Crippen LogP contribution >= 0.6 is 11.6 Å². The topological polar surface area (TPSA) is 113 Å². The average Bonchev–Trinajstić information content (AvgIpc) is 3.71. The van der Waals surface area contributed by atoms with Crippen LogP contribution in [-0.2, 0) is 31.4 Å². The lowest BCUT2D eigenvalue weighted by molar-refractivity contribution is -0.192. The highest BCUT2D eigenvalue weighted by molar-refractivity contribution is 7.92. The number of carbonyl (C=O) groups is 2. The molecule has 3 aromatic carbocycles. The van der Waals surface area contributed by atoms with Gasteiger partial charge in [0.1, 0.15) is 0 Å². The van der Waals surface area contributed by atoms with Gasteiger partial charge >= 0.3 is 12.1 Å². The summed E-state index contributed by atoms with van der Waals surface area (Å²) >= 11 is 6.08. The SMILES string of the molecule is Cc1ccc(S(=O)(=O)Nc2ccc(C3(C(=O)NCCCc4ccccc4)CC3)cc2)cc1Cl.O=C(O)C(F)(F)F. The third-order valence-corrected chi connectivity index (χ3v) is 8.13. The molecule has 1 aliphatic rings. The van der Waals surface area contributed by atoms with Crippen LogP contribution in [0, 0.1) is 6.92 Å². The lowest BCUT2D eigenvalue weighted by Gasteiger charge is -2.17. The third kappa shape index (κ3) is 8.22. The number of halogens is 4. The summed E-state index contributed by atoms with van der Waals surface area (Å²) in [6, 6.07) is 21.9. The molecule has 0 atom stereocenters. The highest BCUT2D eigenvalue weighted by atomic mass is 35.5. The van der Waals surface area contributed by atoms with Crippen LogP contribution in [0.2, 0.25) is 5.02 Å². The molecule has 7 nitrogen and oxygen atoms in total. The summed E-state index contributed by atoms with van der Waals surface area (Å²) in [5.41, 5.74) is 2.92. The maximum atomic E-state index is 12.9. The van der Waals surface area contributed by atoms with Gasteiger partial charge in [0.05, 0.1) is 10.3 Å². The average molecular weight is 597 g/mol. The Labute approximate surface area is 235 Å². The summed E-state index contributed by atoms with van der Waals surface area (Å²) < 4.78 is 59.7. The summed E-state index contributed by atoms with van der Waals surface area (Å²) in [7, 11) is -3.75. The molecule has 0 heterocycles. The van der Waals surface area contributed by atoms with E-state index in [0.29, 0.717) is 17.3 Å². The molecule has 0 bridgehead atoms. The lowest BCUT2D eigenvalue weighted by atomic mass is 9.94. The Bertz CT molecular complexity index is 1440. The number of anilines is 1. The maximum Gasteiger partial charge on any atom is 0.490 e. The van der Waals surface area contributed by atoms with Gasteiger partial charge in [-0.15, -0.1) is 0 Å². The Morgan fingerprint density at radius 3 is 2.12 bits per heavy atom. The van der Waals surface area contributed by atoms with Crippen LogP contribution in [0.1, 0.15) is 36.0 Å². The molecule has 0 spiro atoms. The molecular weight excluding hydrogens is 569 g/mol. The fourth-order valence-electron chi connectivity index (χ4n) is 3.89. The fraction of sp³-hybridized carbons (Fsp3) is 0.286. The van der Waals surface area contributed by atoms with E-state index in [2.05, 4.69) is 22.2 Å². The first-order chi connectivity index (χ1) is 18.7. The van der Waals surface area contributed by atoms with E-state index >= 15 is 0 Å². The number of carbonyl (C=O) groups excluding carboxylic acids is 1. The van der Waals surface area contributed by atoms with Crippen LogP contribution in [0.15, 0.2) is 77.7 Å². The van der Waals surface area contributed by atoms with Crippen molar-refractivity contribution < 1.29 is 36.3 Å². The Morgan fingerprint density at radius 2 is 1.60 bits per heavy atom. The quantitative estimate of drug-likeness (QED) is 0.268. The van der Waals surface area contributed by atoms with Crippen LogP contribution in [-0.4, -0.2) is 38.1 Å². The summed E-state index contributed by atoms with van der Waals surface area (Å²) in [4.78, 5) is 21.9. The number of benzene rings is 3. The Kier molecular flexibility index (Phi) is 9.86. The van der Waals surface area contributed by atoms with Gasteiger partial charge in [-0.1, -0.05) is 60.1 Å². The summed E-state index contributed by atoms with van der Waals surface area (Å²) in [6.07, 6.45) is -1.68. The molecule has 4 rings (SSSR count). The number of hydrogen-bond acceptors (Lipinski definition) is 4. The molecule has 1 saturated carbocycles. The minimum atomic E-state index is -5.08. The number of alkyl halides is 3. The van der Waals surface area contributed by atoms with Gasteiger partial charge in [-0.25, -0.2) is 13.2 Å². The van der Waals surface area contributed by atoms with Crippen molar-refractivity contribution in [2.24, 2.45) is 0 Å². The molecule has 1 amide bonds. The second-order valence-corrected chi connectivity index (χ2v) is 11.4. The van der Waals surface area contributed by atoms with Crippen LogP contribution in [0.25, 0.3) is 0 Å². The van der Waals surface area contributed by atoms with E-state index in [1.165, 1.54) is 17.7 Å². The molecule has 40 heavy (non-hydrogen) atoms. The zero-order chi connectivity index (χ0) is 29.6. The van der Waals surface area contributed by atoms with Crippen molar-refractivity contribution in [3.8, 4) is 0 Å². The van der Waals surface area contributed by atoms with Crippen molar-refractivity contribution in [3.05, 3.63) is 94.5 Å². The number of hydrogen-bond donors (Lipinski definition) is 3. The van der Waals surface area contributed by atoms with Gasteiger partial charge in [-0.3, -0.25) is 9.52 Å². The molecule has 12 heteroatoms. The molecule has 0 unspecified atom stereocenters. The highest BCUT2D eigenvalue weighted by Crippen LogP contribution is 2.48. The van der Waals surface area contributed by atoms with Gasteiger partial charge in [0.25, 0.3) is 10.0 Å². The minimum absolute atomic E-state index is 0.0400. The second-order valence-electron chi connectivity index (χ2n) is 9.32. The van der Waals surface area contributed by atoms with Crippen LogP contribution < -0.4 is 10.0 Å². The predicted molar refractivity (Wildman–Crippen MR) is 146 cm³/mol. The van der Waals surface area contributed by atoms with Crippen molar-refractivity contribution in [2.75, 3.05) is 11.3 Å². The summed E-state index contributed by atoms with van der Waals surface area (Å²) in [6.45, 7) is 2.45. The van der Waals surface area contributed by atoms with E-state index in [4.69, 9.17) is 21.5 Å². The molecule has 0 aliphatic heterocycles. The standard InChI is InChI=1S/C26H27ClN2O3S.C2HF3O2/c1-19-9-14-23(18-24(19)27)33(31,32)29-22-12-10-21(11-13-22)26(15-16-26)25(30)28-17-5-8-20-6-3-2-4-7-20;3-2(4,5)1(6)7/h2-4,6-7,9-14,18,29H,5,8,15-17H2,1H3,(H,28,30);(H,6,7). The number of amides is 1. The van der Waals surface area contributed by atoms with E-state index in [9.17, 15) is 26.4 Å². The number of carboxylic acid groups (broad SMARTS) is 1. The number of aliphatic carboxylic acids is 1. The summed E-state index contributed by atoms with van der Waals surface area (Å²) in [5.74, 6) is -2.72. The molecule has 0 saturated heterocycles. The highest BCUT2D eigenvalue weighted by Gasteiger charge is 2.51. The second kappa shape index (κ2) is 12.7. The molecule has 214 valence electrons. The van der Waals surface area contributed by atoms with Gasteiger partial charge in [0.2, 0.25) is 5.91 Å². The summed E-state index contributed by atoms with van der Waals surface area (Å²) in [5, 5.41) is 10.6. The largest absolute Gasteiger partial charge is 0.490 e. The van der Waals surface area contributed by atoms with Crippen molar-refractivity contribution in [1.29, 1.82) is 0 Å². The zero-order valence-corrected chi connectivity index (χ0v) is 23.0. The smallest absolute Gasteiger partial charge is 0.475 e. The Morgan fingerprint density at radius 1 is 1.00 bits per heavy atom. The normalized spacial score (nSPS) is 13.9. The van der Waals surface area contributed by atoms with Crippen LogP contribution in [0.3, 0.4) is 0 Å². The van der Waals surface area contributed by atoms with Gasteiger partial charge < -0.3 is 10.4 Å². The monoisotopic (exact) mass is 596 g/mol. The molecule has 1 fully saturated rings. The molecular formula is C28H28ClF3N2O5S. The number of rotatable bonds is 9. The Balaban J connectivity index is 0.000000559. The molecule has 0 radical (unpaired) electrons. The van der Waals surface area contributed by atoms with Crippen molar-refractivity contribution in [3.63, 3.8) is 0 Å². The predicted octanol–water partition coefficient (Wildman–Crippen LogP) is 5.86. The van der Waals surface area contributed by atoms with Gasteiger partial charge in [-0.2, -0.15) is 13.2 Å². The number of nitrogens with one attached hydrogen (secondary N) is 2. The van der Waals surface area contributed by atoms with E-state index in [1.807, 2.05) is 37.3 Å². The van der Waals surface area contributed by atoms with E-state index < -0.39 is 27.6 Å². The van der Waals surface area contributed by atoms with Crippen LogP contribution in [0.5, 0.6) is 0 Å². The van der Waals surface area contributed by atoms with Gasteiger partial charge in [0.15, 0.2) is 0 Å². The lowest BCUT2D eigenvalue weighted by Crippen LogP contribution is -2.35. The van der Waals surface area contributed by atoms with Crippen molar-refractivity contribution >= 4 is 39.2 Å². The molecule has 1 aliphatic carbocycles. The number of carboxylic acids is 1. The first kappa shape index (κ1) is 31.0. The molecule has 0 aromatic heterocycles. The fourth-order valence-corrected chi connectivity index (χ4v) is 5.22. The first-order valence-corrected chi connectivity index (χ1v) is 14.1. The van der Waals surface area contributed by atoms with Crippen LogP contribution in [0.4, 0.5) is 18.9 Å². The number of sulfonamides is 1. The zero-order valence-electron chi connectivity index (χ0n) is 21.5. The van der Waals surface area contributed by atoms with E-state index in [1.54, 1.807) is 18.2 Å². The number of aryl methyl sites for hydroxylation is 2. The van der Waals surface area contributed by atoms with E-state index in [-0.39, 0.29) is 10.8 Å². The van der Waals surface area contributed by atoms with Crippen molar-refractivity contribution in [1.82, 2.24) is 5.32 Å². The minimum Gasteiger partial charge on any atom is -0.475 e. The third-order valence-electron chi connectivity index (χ3n) is 6.34. The first-order valence-electron chi connectivity index (χ1n) is 12.3. The Hall–Kier alpha value is -3.57. The maximum absolute atomic E-state index is 12.9. The molecule has 3 aromatic rings. The molecule has 3 N–H and O–H groups in total. The van der Waals surface area contributed by atoms with Gasteiger partial charge in [0, 0.05) is 17.3 Å². The van der Waals surface area contributed by atoms with Gasteiger partial charge in [-0.05, 0) is 73.6 Å². The van der Waals surface area contributed by atoms with E-state index in [0.717, 1.165) is 36.8 Å².